The topological polar surface area (TPSA) is 139 Å². The minimum Gasteiger partial charge on any atom is -0.481 e. The maximum atomic E-state index is 12.8. The van der Waals surface area contributed by atoms with Crippen LogP contribution in [0.15, 0.2) is 30.6 Å². The number of carboxylic acid groups (broad SMARTS) is 1. The molecule has 2 aromatic heterocycles. The van der Waals surface area contributed by atoms with E-state index in [-0.39, 0.29) is 5.91 Å². The molecule has 0 saturated heterocycles. The van der Waals surface area contributed by atoms with Crippen LogP contribution in [0.3, 0.4) is 0 Å². The highest BCUT2D eigenvalue weighted by Crippen LogP contribution is 2.26. The molecule has 0 bridgehead atoms. The maximum Gasteiger partial charge on any atom is 0.308 e. The predicted molar refractivity (Wildman–Crippen MR) is 102 cm³/mol. The van der Waals surface area contributed by atoms with Crippen molar-refractivity contribution < 1.29 is 19.5 Å². The van der Waals surface area contributed by atoms with Gasteiger partial charge in [0.2, 0.25) is 5.91 Å². The summed E-state index contributed by atoms with van der Waals surface area (Å²) in [5.41, 5.74) is 6.52. The van der Waals surface area contributed by atoms with E-state index < -0.39 is 29.9 Å². The fourth-order valence-corrected chi connectivity index (χ4v) is 3.64. The predicted octanol–water partition coefficient (Wildman–Crippen LogP) is 0.541. The molecule has 0 aromatic carbocycles. The number of rotatable bonds is 8. The number of nitrogens with one attached hydrogen (secondary N) is 2. The Bertz CT molecular complexity index is 865. The highest BCUT2D eigenvalue weighted by Gasteiger charge is 2.35. The Morgan fingerprint density at radius 3 is 2.89 bits per heavy atom. The van der Waals surface area contributed by atoms with Gasteiger partial charge in [-0.1, -0.05) is 12.5 Å². The number of pyridine rings is 1. The van der Waals surface area contributed by atoms with Crippen LogP contribution in [0.5, 0.6) is 0 Å². The van der Waals surface area contributed by atoms with Gasteiger partial charge in [0.05, 0.1) is 12.1 Å². The number of aliphatic carboxylic acids is 1. The van der Waals surface area contributed by atoms with E-state index in [0.717, 1.165) is 6.42 Å². The van der Waals surface area contributed by atoms with Gasteiger partial charge in [0.25, 0.3) is 5.91 Å². The van der Waals surface area contributed by atoms with Gasteiger partial charge in [0.15, 0.2) is 0 Å². The van der Waals surface area contributed by atoms with E-state index in [1.807, 2.05) is 6.07 Å². The number of nitrogens with zero attached hydrogens (tertiary/aromatic N) is 2. The van der Waals surface area contributed by atoms with Crippen molar-refractivity contribution in [2.45, 2.75) is 44.2 Å². The standard InChI is InChI=1S/C19H25N5O4/c20-9-4-7-14(17(25)22-13-6-3-5-12(13)19(27)28)23-18(26)15-11-21-16-8-1-2-10-24(15)16/h1-2,8,10-14H,3-7,9,20H2,(H,22,25)(H,23,26)(H,27,28)/t12-,13+,14+/m1/s1. The molecule has 3 atom stereocenters. The summed E-state index contributed by atoms with van der Waals surface area (Å²) in [5.74, 6) is -2.30. The lowest BCUT2D eigenvalue weighted by Gasteiger charge is -2.23. The lowest BCUT2D eigenvalue weighted by atomic mass is 10.0. The summed E-state index contributed by atoms with van der Waals surface area (Å²) in [7, 11) is 0. The van der Waals surface area contributed by atoms with Gasteiger partial charge in [0, 0.05) is 12.2 Å². The molecule has 28 heavy (non-hydrogen) atoms. The first kappa shape index (κ1) is 19.8. The smallest absolute Gasteiger partial charge is 0.308 e. The summed E-state index contributed by atoms with van der Waals surface area (Å²) < 4.78 is 1.64. The van der Waals surface area contributed by atoms with Crippen molar-refractivity contribution in [2.75, 3.05) is 6.54 Å². The zero-order valence-corrected chi connectivity index (χ0v) is 15.5. The van der Waals surface area contributed by atoms with Crippen molar-refractivity contribution in [3.05, 3.63) is 36.3 Å². The Morgan fingerprint density at radius 1 is 1.32 bits per heavy atom. The minimum absolute atomic E-state index is 0.324. The number of amides is 2. The second-order valence-electron chi connectivity index (χ2n) is 7.02. The van der Waals surface area contributed by atoms with Gasteiger partial charge in [0.1, 0.15) is 17.4 Å². The van der Waals surface area contributed by atoms with Crippen LogP contribution >= 0.6 is 0 Å². The SMILES string of the molecule is NCCC[C@H](NC(=O)c1cnc2ccccn12)C(=O)N[C@H]1CCC[C@H]1C(=O)O. The van der Waals surface area contributed by atoms with Crippen molar-refractivity contribution in [2.24, 2.45) is 11.7 Å². The number of aromatic nitrogens is 2. The first-order valence-corrected chi connectivity index (χ1v) is 9.47. The first-order chi connectivity index (χ1) is 13.5. The van der Waals surface area contributed by atoms with Gasteiger partial charge >= 0.3 is 5.97 Å². The van der Waals surface area contributed by atoms with Crippen LogP contribution in [-0.4, -0.2) is 50.9 Å². The molecule has 2 heterocycles. The number of hydrogen-bond donors (Lipinski definition) is 4. The number of carboxylic acids is 1. The van der Waals surface area contributed by atoms with Crippen LogP contribution in [0, 0.1) is 5.92 Å². The first-order valence-electron chi connectivity index (χ1n) is 9.47. The Balaban J connectivity index is 1.71. The number of carbonyl (C=O) groups is 3. The van der Waals surface area contributed by atoms with Crippen molar-refractivity contribution in [3.8, 4) is 0 Å². The molecule has 1 saturated carbocycles. The highest BCUT2D eigenvalue weighted by atomic mass is 16.4. The van der Waals surface area contributed by atoms with E-state index in [9.17, 15) is 19.5 Å². The number of fused-ring (bicyclic) bond motifs is 1. The number of hydrogen-bond acceptors (Lipinski definition) is 5. The second kappa shape index (κ2) is 8.83. The fraction of sp³-hybridized carbons (Fsp3) is 0.474. The van der Waals surface area contributed by atoms with E-state index in [0.29, 0.717) is 43.6 Å². The molecule has 1 aliphatic carbocycles. The maximum absolute atomic E-state index is 12.8. The average molecular weight is 387 g/mol. The average Bonchev–Trinajstić information content (AvgIpc) is 3.31. The largest absolute Gasteiger partial charge is 0.481 e. The molecule has 3 rings (SSSR count). The third kappa shape index (κ3) is 4.30. The normalized spacial score (nSPS) is 20.0. The van der Waals surface area contributed by atoms with Gasteiger partial charge in [-0.2, -0.15) is 0 Å². The quantitative estimate of drug-likeness (QED) is 0.521. The van der Waals surface area contributed by atoms with Crippen LogP contribution in [0.2, 0.25) is 0 Å². The monoisotopic (exact) mass is 387 g/mol. The molecule has 0 radical (unpaired) electrons. The lowest BCUT2D eigenvalue weighted by molar-refractivity contribution is -0.142. The highest BCUT2D eigenvalue weighted by molar-refractivity contribution is 5.97. The molecule has 0 unspecified atom stereocenters. The van der Waals surface area contributed by atoms with Crippen LogP contribution in [0.1, 0.15) is 42.6 Å². The van der Waals surface area contributed by atoms with Crippen molar-refractivity contribution in [1.29, 1.82) is 0 Å². The van der Waals surface area contributed by atoms with Gasteiger partial charge in [-0.25, -0.2) is 4.98 Å². The van der Waals surface area contributed by atoms with E-state index in [1.165, 1.54) is 6.20 Å². The van der Waals surface area contributed by atoms with Gasteiger partial charge in [-0.15, -0.1) is 0 Å². The summed E-state index contributed by atoms with van der Waals surface area (Å²) in [4.78, 5) is 41.0. The van der Waals surface area contributed by atoms with E-state index in [4.69, 9.17) is 5.73 Å². The van der Waals surface area contributed by atoms with Crippen molar-refractivity contribution >= 4 is 23.4 Å². The summed E-state index contributed by atoms with van der Waals surface area (Å²) in [6, 6.07) is 4.18. The summed E-state index contributed by atoms with van der Waals surface area (Å²) in [6.07, 6.45) is 6.02. The lowest BCUT2D eigenvalue weighted by Crippen LogP contribution is -2.51. The molecule has 0 aliphatic heterocycles. The number of imidazole rings is 1. The summed E-state index contributed by atoms with van der Waals surface area (Å²) in [5, 5.41) is 14.9. The molecule has 0 spiro atoms. The van der Waals surface area contributed by atoms with Gasteiger partial charge in [-0.05, 0) is 44.4 Å². The molecule has 9 nitrogen and oxygen atoms in total. The van der Waals surface area contributed by atoms with E-state index in [2.05, 4.69) is 15.6 Å². The Labute approximate surface area is 162 Å². The molecule has 9 heteroatoms. The van der Waals surface area contributed by atoms with Crippen LogP contribution in [0.4, 0.5) is 0 Å². The van der Waals surface area contributed by atoms with Crippen molar-refractivity contribution in [1.82, 2.24) is 20.0 Å². The molecule has 1 aliphatic rings. The van der Waals surface area contributed by atoms with Crippen LogP contribution in [-0.2, 0) is 9.59 Å². The van der Waals surface area contributed by atoms with Gasteiger partial charge in [-0.3, -0.25) is 18.8 Å². The number of nitrogens with two attached hydrogens (primary N) is 1. The molecular formula is C19H25N5O4. The van der Waals surface area contributed by atoms with E-state index >= 15 is 0 Å². The molecule has 2 aromatic rings. The second-order valence-corrected chi connectivity index (χ2v) is 7.02. The number of carbonyl (C=O) groups excluding carboxylic acids is 2. The molecular weight excluding hydrogens is 362 g/mol. The van der Waals surface area contributed by atoms with Crippen LogP contribution < -0.4 is 16.4 Å². The molecule has 2 amide bonds. The molecule has 150 valence electrons. The fourth-order valence-electron chi connectivity index (χ4n) is 3.64. The molecule has 1 fully saturated rings. The molecule has 5 N–H and O–H groups in total. The summed E-state index contributed by atoms with van der Waals surface area (Å²) in [6.45, 7) is 0.385. The third-order valence-electron chi connectivity index (χ3n) is 5.13. The Hall–Kier alpha value is -2.94. The Kier molecular flexibility index (Phi) is 6.25. The minimum atomic E-state index is -0.906. The zero-order chi connectivity index (χ0) is 20.1. The van der Waals surface area contributed by atoms with Crippen LogP contribution in [0.25, 0.3) is 5.65 Å². The van der Waals surface area contributed by atoms with Gasteiger partial charge < -0.3 is 21.5 Å². The summed E-state index contributed by atoms with van der Waals surface area (Å²) >= 11 is 0. The Morgan fingerprint density at radius 2 is 2.14 bits per heavy atom. The third-order valence-corrected chi connectivity index (χ3v) is 5.13. The van der Waals surface area contributed by atoms with E-state index in [1.54, 1.807) is 22.7 Å². The van der Waals surface area contributed by atoms with Crippen molar-refractivity contribution in [3.63, 3.8) is 0 Å². The zero-order valence-electron chi connectivity index (χ0n) is 15.5.